The Balaban J connectivity index is 0.000000256. The molecule has 130 valence electrons. The number of benzene rings is 1. The zero-order valence-electron chi connectivity index (χ0n) is 12.6. The Morgan fingerprint density at radius 1 is 1.12 bits per heavy atom. The van der Waals surface area contributed by atoms with Gasteiger partial charge in [0.15, 0.2) is 0 Å². The third-order valence-electron chi connectivity index (χ3n) is 4.15. The monoisotopic (exact) mass is 343 g/mol. The molecule has 2 heterocycles. The van der Waals surface area contributed by atoms with E-state index in [4.69, 9.17) is 15.0 Å². The molecule has 0 saturated carbocycles. The van der Waals surface area contributed by atoms with E-state index >= 15 is 0 Å². The quantitative estimate of drug-likeness (QED) is 0.825. The number of fused-ring (bicyclic) bond motifs is 5. The molecule has 0 spiro atoms. The van der Waals surface area contributed by atoms with Crippen molar-refractivity contribution in [2.24, 2.45) is 0 Å². The molecule has 0 radical (unpaired) electrons. The standard InChI is InChI=1S/C14H15NO2.C2HF3O2/c1-9(14(16)17)8-15-12-6-7-13(15)11-5-3-2-4-10(11)12;3-2(4,5)1(6)7/h2-5,12-13H,1,6-8H2,(H,16,17);(H,6,7). The molecule has 2 bridgehead atoms. The summed E-state index contributed by atoms with van der Waals surface area (Å²) in [6.45, 7) is 4.11. The van der Waals surface area contributed by atoms with E-state index in [1.54, 1.807) is 0 Å². The van der Waals surface area contributed by atoms with E-state index in [2.05, 4.69) is 35.7 Å². The zero-order valence-corrected chi connectivity index (χ0v) is 12.6. The predicted octanol–water partition coefficient (Wildman–Crippen LogP) is 3.15. The molecule has 0 amide bonds. The van der Waals surface area contributed by atoms with E-state index in [0.717, 1.165) is 12.8 Å². The van der Waals surface area contributed by atoms with Crippen LogP contribution in [0.5, 0.6) is 0 Å². The lowest BCUT2D eigenvalue weighted by Crippen LogP contribution is -2.24. The first-order chi connectivity index (χ1) is 11.1. The lowest BCUT2D eigenvalue weighted by molar-refractivity contribution is -0.192. The highest BCUT2D eigenvalue weighted by Crippen LogP contribution is 2.52. The van der Waals surface area contributed by atoms with Gasteiger partial charge in [0.05, 0.1) is 0 Å². The summed E-state index contributed by atoms with van der Waals surface area (Å²) >= 11 is 0. The number of carbonyl (C=O) groups is 2. The van der Waals surface area contributed by atoms with Crippen molar-refractivity contribution in [3.8, 4) is 0 Å². The molecule has 2 N–H and O–H groups in total. The second-order valence-electron chi connectivity index (χ2n) is 5.62. The fraction of sp³-hybridized carbons (Fsp3) is 0.375. The second-order valence-corrected chi connectivity index (χ2v) is 5.62. The van der Waals surface area contributed by atoms with Crippen LogP contribution < -0.4 is 0 Å². The SMILES string of the molecule is C=C(CN1C2CCC1c1ccccc12)C(=O)O.O=C(O)C(F)(F)F. The lowest BCUT2D eigenvalue weighted by atomic mass is 9.92. The van der Waals surface area contributed by atoms with Gasteiger partial charge in [0.1, 0.15) is 0 Å². The van der Waals surface area contributed by atoms with Gasteiger partial charge in [0, 0.05) is 24.2 Å². The minimum absolute atomic E-state index is 0.287. The highest BCUT2D eigenvalue weighted by Gasteiger charge is 2.43. The Morgan fingerprint density at radius 3 is 1.88 bits per heavy atom. The largest absolute Gasteiger partial charge is 0.490 e. The smallest absolute Gasteiger partial charge is 0.478 e. The Labute approximate surface area is 136 Å². The molecule has 0 aliphatic carbocycles. The Bertz CT molecular complexity index is 641. The summed E-state index contributed by atoms with van der Waals surface area (Å²) < 4.78 is 31.7. The minimum Gasteiger partial charge on any atom is -0.478 e. The first kappa shape index (κ1) is 18.0. The van der Waals surface area contributed by atoms with Gasteiger partial charge in [-0.3, -0.25) is 4.90 Å². The molecule has 24 heavy (non-hydrogen) atoms. The summed E-state index contributed by atoms with van der Waals surface area (Å²) in [5, 5.41) is 16.1. The number of carboxylic acids is 2. The van der Waals surface area contributed by atoms with Crippen LogP contribution in [0.4, 0.5) is 13.2 Å². The van der Waals surface area contributed by atoms with Gasteiger partial charge >= 0.3 is 18.1 Å². The van der Waals surface area contributed by atoms with Crippen LogP contribution in [-0.4, -0.2) is 39.8 Å². The summed E-state index contributed by atoms with van der Waals surface area (Å²) in [4.78, 5) is 22.0. The molecule has 8 heteroatoms. The van der Waals surface area contributed by atoms with Crippen molar-refractivity contribution < 1.29 is 33.0 Å². The van der Waals surface area contributed by atoms with Crippen LogP contribution in [-0.2, 0) is 9.59 Å². The van der Waals surface area contributed by atoms with Crippen LogP contribution in [0.2, 0.25) is 0 Å². The first-order valence-electron chi connectivity index (χ1n) is 7.18. The molecule has 1 aromatic carbocycles. The zero-order chi connectivity index (χ0) is 18.1. The van der Waals surface area contributed by atoms with Crippen molar-refractivity contribution >= 4 is 11.9 Å². The van der Waals surface area contributed by atoms with Crippen LogP contribution in [0.15, 0.2) is 36.4 Å². The maximum absolute atomic E-state index is 10.9. The number of hydrogen-bond acceptors (Lipinski definition) is 3. The number of carboxylic acid groups (broad SMARTS) is 2. The Kier molecular flexibility index (Phi) is 4.98. The fourth-order valence-corrected chi connectivity index (χ4v) is 3.16. The number of rotatable bonds is 3. The molecule has 2 atom stereocenters. The Hall–Kier alpha value is -2.35. The molecule has 1 fully saturated rings. The third-order valence-corrected chi connectivity index (χ3v) is 4.15. The number of hydrogen-bond donors (Lipinski definition) is 2. The van der Waals surface area contributed by atoms with Crippen LogP contribution >= 0.6 is 0 Å². The highest BCUT2D eigenvalue weighted by atomic mass is 19.4. The number of nitrogens with zero attached hydrogens (tertiary/aromatic N) is 1. The molecular weight excluding hydrogens is 327 g/mol. The van der Waals surface area contributed by atoms with Gasteiger partial charge in [-0.25, -0.2) is 9.59 Å². The molecule has 1 aromatic rings. The van der Waals surface area contributed by atoms with Crippen molar-refractivity contribution in [2.75, 3.05) is 6.54 Å². The van der Waals surface area contributed by atoms with Gasteiger partial charge in [-0.1, -0.05) is 30.8 Å². The van der Waals surface area contributed by atoms with E-state index in [1.165, 1.54) is 11.1 Å². The maximum atomic E-state index is 10.9. The van der Waals surface area contributed by atoms with Crippen LogP contribution in [0, 0.1) is 0 Å². The van der Waals surface area contributed by atoms with Crippen LogP contribution in [0.25, 0.3) is 0 Å². The molecular formula is C16H16F3NO4. The first-order valence-corrected chi connectivity index (χ1v) is 7.18. The second kappa shape index (κ2) is 6.64. The van der Waals surface area contributed by atoms with Gasteiger partial charge in [-0.2, -0.15) is 13.2 Å². The van der Waals surface area contributed by atoms with E-state index in [0.29, 0.717) is 18.6 Å². The summed E-state index contributed by atoms with van der Waals surface area (Å²) in [6, 6.07) is 9.23. The van der Waals surface area contributed by atoms with Crippen molar-refractivity contribution in [1.82, 2.24) is 4.90 Å². The summed E-state index contributed by atoms with van der Waals surface area (Å²) in [5.74, 6) is -3.65. The van der Waals surface area contributed by atoms with Crippen molar-refractivity contribution in [2.45, 2.75) is 31.1 Å². The molecule has 1 saturated heterocycles. The number of halogens is 3. The topological polar surface area (TPSA) is 77.8 Å². The summed E-state index contributed by atoms with van der Waals surface area (Å²) in [6.07, 6.45) is -2.82. The normalized spacial score (nSPS) is 21.6. The summed E-state index contributed by atoms with van der Waals surface area (Å²) in [7, 11) is 0. The maximum Gasteiger partial charge on any atom is 0.490 e. The molecule has 3 rings (SSSR count). The predicted molar refractivity (Wildman–Crippen MR) is 78.3 cm³/mol. The number of aliphatic carboxylic acids is 2. The third kappa shape index (κ3) is 3.59. The average Bonchev–Trinajstić information content (AvgIpc) is 3.03. The molecule has 2 aliphatic heterocycles. The lowest BCUT2D eigenvalue weighted by Gasteiger charge is -2.21. The van der Waals surface area contributed by atoms with E-state index in [9.17, 15) is 18.0 Å². The van der Waals surface area contributed by atoms with Gasteiger partial charge < -0.3 is 10.2 Å². The van der Waals surface area contributed by atoms with Gasteiger partial charge in [0.25, 0.3) is 0 Å². The van der Waals surface area contributed by atoms with E-state index in [1.807, 2.05) is 0 Å². The highest BCUT2D eigenvalue weighted by molar-refractivity contribution is 5.86. The van der Waals surface area contributed by atoms with Gasteiger partial charge in [-0.05, 0) is 24.0 Å². The van der Waals surface area contributed by atoms with E-state index in [-0.39, 0.29) is 5.57 Å². The van der Waals surface area contributed by atoms with Crippen molar-refractivity contribution in [1.29, 1.82) is 0 Å². The molecule has 2 unspecified atom stereocenters. The van der Waals surface area contributed by atoms with Crippen LogP contribution in [0.1, 0.15) is 36.1 Å². The van der Waals surface area contributed by atoms with Crippen molar-refractivity contribution in [3.05, 3.63) is 47.5 Å². The van der Waals surface area contributed by atoms with Gasteiger partial charge in [-0.15, -0.1) is 0 Å². The molecule has 2 aliphatic rings. The molecule has 5 nitrogen and oxygen atoms in total. The summed E-state index contributed by atoms with van der Waals surface area (Å²) in [5.41, 5.74) is 3.04. The van der Waals surface area contributed by atoms with Crippen molar-refractivity contribution in [3.63, 3.8) is 0 Å². The molecule has 0 aromatic heterocycles. The number of alkyl halides is 3. The fourth-order valence-electron chi connectivity index (χ4n) is 3.16. The van der Waals surface area contributed by atoms with E-state index < -0.39 is 18.1 Å². The van der Waals surface area contributed by atoms with Crippen LogP contribution in [0.3, 0.4) is 0 Å². The minimum atomic E-state index is -5.08. The Morgan fingerprint density at radius 2 is 1.54 bits per heavy atom. The van der Waals surface area contributed by atoms with Gasteiger partial charge in [0.2, 0.25) is 0 Å². The average molecular weight is 343 g/mol.